The van der Waals surface area contributed by atoms with E-state index in [4.69, 9.17) is 16.7 Å². The van der Waals surface area contributed by atoms with Gasteiger partial charge in [-0.25, -0.2) is 0 Å². The number of carbonyl (C=O) groups excluding carboxylic acids is 3. The summed E-state index contributed by atoms with van der Waals surface area (Å²) >= 11 is 11.8. The number of halogens is 2. The standard InChI is InChI=1S/C24H31BrClN3O4S/c1-13-8-7-9-15(26)18(13)28-22(32)20-24-12-14(25)19(34-24)16(21(31)27-2)17(24)23(33)29(20)10-5-3-4-6-11-30/h7-9,14,16-17,19-20,30H,3-6,10-12H2,1-2H3,(H,27,31)(H,28,32)/t14?,16-,17-,19-,20?,24?/m0/s1. The van der Waals surface area contributed by atoms with Crippen LogP contribution in [0.5, 0.6) is 0 Å². The lowest BCUT2D eigenvalue weighted by Gasteiger charge is -2.35. The van der Waals surface area contributed by atoms with Crippen LogP contribution in [0.4, 0.5) is 5.69 Å². The number of aliphatic hydroxyl groups excluding tert-OH is 1. The van der Waals surface area contributed by atoms with Gasteiger partial charge in [0.1, 0.15) is 6.04 Å². The molecule has 0 saturated carbocycles. The van der Waals surface area contributed by atoms with Crippen molar-refractivity contribution < 1.29 is 19.5 Å². The molecule has 3 aliphatic rings. The summed E-state index contributed by atoms with van der Waals surface area (Å²) in [5.74, 6) is -1.52. The Kier molecular flexibility index (Phi) is 7.86. The fourth-order valence-corrected chi connectivity index (χ4v) is 9.75. The van der Waals surface area contributed by atoms with E-state index in [1.54, 1.807) is 29.8 Å². The number of fused-ring (bicyclic) bond motifs is 1. The lowest BCUT2D eigenvalue weighted by atomic mass is 9.70. The van der Waals surface area contributed by atoms with Gasteiger partial charge in [0, 0.05) is 30.3 Å². The number of thioether (sulfide) groups is 1. The van der Waals surface area contributed by atoms with Crippen molar-refractivity contribution in [1.82, 2.24) is 10.2 Å². The van der Waals surface area contributed by atoms with E-state index in [-0.39, 0.29) is 34.4 Å². The number of likely N-dealkylation sites (tertiary alicyclic amines) is 1. The summed E-state index contributed by atoms with van der Waals surface area (Å²) in [5.41, 5.74) is 1.40. The number of benzene rings is 1. The molecule has 3 N–H and O–H groups in total. The number of rotatable bonds is 9. The maximum atomic E-state index is 13.9. The second kappa shape index (κ2) is 10.4. The van der Waals surface area contributed by atoms with E-state index in [0.29, 0.717) is 23.7 Å². The van der Waals surface area contributed by atoms with Gasteiger partial charge in [0.2, 0.25) is 17.7 Å². The SMILES string of the molecule is CNC(=O)[C@H]1[C@H]2C(=O)N(CCCCCCO)C(C(=O)Nc3c(C)cccc3Cl)C23CC(Br)[C@@H]1S3. The molecule has 0 aromatic heterocycles. The van der Waals surface area contributed by atoms with Crippen LogP contribution in [0.15, 0.2) is 18.2 Å². The van der Waals surface area contributed by atoms with Crippen LogP contribution in [-0.2, 0) is 14.4 Å². The van der Waals surface area contributed by atoms with E-state index in [0.717, 1.165) is 31.2 Å². The molecule has 3 heterocycles. The number of amides is 3. The normalized spacial score (nSPS) is 31.6. The van der Waals surface area contributed by atoms with E-state index in [9.17, 15) is 14.4 Å². The molecule has 186 valence electrons. The highest BCUT2D eigenvalue weighted by atomic mass is 79.9. The second-order valence-corrected chi connectivity index (χ2v) is 12.5. The smallest absolute Gasteiger partial charge is 0.248 e. The summed E-state index contributed by atoms with van der Waals surface area (Å²) in [6.45, 7) is 2.47. The second-order valence-electron chi connectivity index (χ2n) is 9.37. The monoisotopic (exact) mass is 571 g/mol. The van der Waals surface area contributed by atoms with Gasteiger partial charge < -0.3 is 20.6 Å². The van der Waals surface area contributed by atoms with Gasteiger partial charge in [0.05, 0.1) is 27.3 Å². The first-order valence-electron chi connectivity index (χ1n) is 11.8. The van der Waals surface area contributed by atoms with Crippen LogP contribution in [0.2, 0.25) is 5.02 Å². The molecular formula is C24H31BrClN3O4S. The van der Waals surface area contributed by atoms with E-state index >= 15 is 0 Å². The van der Waals surface area contributed by atoms with E-state index in [1.807, 2.05) is 19.1 Å². The van der Waals surface area contributed by atoms with Crippen molar-refractivity contribution >= 4 is 62.7 Å². The van der Waals surface area contributed by atoms with Crippen molar-refractivity contribution in [3.63, 3.8) is 0 Å². The highest BCUT2D eigenvalue weighted by Crippen LogP contribution is 2.67. The number of nitrogens with one attached hydrogen (secondary N) is 2. The highest BCUT2D eigenvalue weighted by Gasteiger charge is 2.75. The number of hydrogen-bond donors (Lipinski definition) is 3. The molecule has 1 aromatic carbocycles. The molecule has 34 heavy (non-hydrogen) atoms. The Balaban J connectivity index is 1.67. The Hall–Kier alpha value is -1.29. The molecule has 10 heteroatoms. The molecule has 3 amide bonds. The third-order valence-electron chi connectivity index (χ3n) is 7.36. The van der Waals surface area contributed by atoms with E-state index in [2.05, 4.69) is 26.6 Å². The predicted octanol–water partition coefficient (Wildman–Crippen LogP) is 3.35. The molecule has 1 spiro atoms. The van der Waals surface area contributed by atoms with Gasteiger partial charge in [-0.3, -0.25) is 14.4 Å². The molecule has 2 bridgehead atoms. The number of aliphatic hydroxyl groups is 1. The van der Waals surface area contributed by atoms with Crippen molar-refractivity contribution in [2.45, 2.75) is 59.9 Å². The number of carbonyl (C=O) groups is 3. The fourth-order valence-electron chi connectivity index (χ4n) is 5.87. The van der Waals surface area contributed by atoms with Crippen molar-refractivity contribution in [3.05, 3.63) is 28.8 Å². The molecule has 1 aromatic rings. The molecule has 3 saturated heterocycles. The summed E-state index contributed by atoms with van der Waals surface area (Å²) in [6, 6.07) is 4.75. The molecular weight excluding hydrogens is 542 g/mol. The van der Waals surface area contributed by atoms with Crippen LogP contribution in [0.25, 0.3) is 0 Å². The lowest BCUT2D eigenvalue weighted by Crippen LogP contribution is -2.53. The molecule has 4 rings (SSSR count). The quantitative estimate of drug-likeness (QED) is 0.311. The molecule has 3 aliphatic heterocycles. The van der Waals surface area contributed by atoms with E-state index < -0.39 is 22.6 Å². The number of unbranched alkanes of at least 4 members (excludes halogenated alkanes) is 3. The maximum Gasteiger partial charge on any atom is 0.248 e. The first-order valence-corrected chi connectivity index (χ1v) is 13.9. The van der Waals surface area contributed by atoms with Crippen LogP contribution >= 0.6 is 39.3 Å². The van der Waals surface area contributed by atoms with Crippen molar-refractivity contribution in [1.29, 1.82) is 0 Å². The first-order chi connectivity index (χ1) is 16.3. The number of para-hydroxylation sites is 1. The minimum absolute atomic E-state index is 0.0469. The molecule has 3 unspecified atom stereocenters. The van der Waals surface area contributed by atoms with Crippen LogP contribution < -0.4 is 10.6 Å². The molecule has 6 atom stereocenters. The Bertz CT molecular complexity index is 961. The van der Waals surface area contributed by atoms with Crippen LogP contribution in [0.1, 0.15) is 37.7 Å². The predicted molar refractivity (Wildman–Crippen MR) is 138 cm³/mol. The van der Waals surface area contributed by atoms with Gasteiger partial charge in [-0.1, -0.05) is 52.5 Å². The number of nitrogens with zero attached hydrogens (tertiary/aromatic N) is 1. The van der Waals surface area contributed by atoms with Gasteiger partial charge in [-0.2, -0.15) is 0 Å². The van der Waals surface area contributed by atoms with Gasteiger partial charge in [0.15, 0.2) is 0 Å². The van der Waals surface area contributed by atoms with E-state index in [1.165, 1.54) is 0 Å². The first kappa shape index (κ1) is 25.8. The lowest BCUT2D eigenvalue weighted by molar-refractivity contribution is -0.139. The van der Waals surface area contributed by atoms with Gasteiger partial charge in [-0.15, -0.1) is 11.8 Å². The van der Waals surface area contributed by atoms with Crippen molar-refractivity contribution in [2.75, 3.05) is 25.5 Å². The third kappa shape index (κ3) is 4.27. The zero-order valence-electron chi connectivity index (χ0n) is 19.4. The largest absolute Gasteiger partial charge is 0.396 e. The molecule has 0 aliphatic carbocycles. The van der Waals surface area contributed by atoms with Crippen LogP contribution in [-0.4, -0.2) is 68.8 Å². The summed E-state index contributed by atoms with van der Waals surface area (Å²) in [4.78, 5) is 42.3. The van der Waals surface area contributed by atoms with Crippen LogP contribution in [0, 0.1) is 18.8 Å². The number of hydrogen-bond acceptors (Lipinski definition) is 5. The van der Waals surface area contributed by atoms with Crippen molar-refractivity contribution in [2.24, 2.45) is 11.8 Å². The Morgan fingerprint density at radius 3 is 2.68 bits per heavy atom. The minimum atomic E-state index is -0.691. The molecule has 7 nitrogen and oxygen atoms in total. The van der Waals surface area contributed by atoms with Gasteiger partial charge in [-0.05, 0) is 37.8 Å². The average Bonchev–Trinajstić information content (AvgIpc) is 3.39. The Morgan fingerprint density at radius 1 is 1.26 bits per heavy atom. The minimum Gasteiger partial charge on any atom is -0.396 e. The van der Waals surface area contributed by atoms with Gasteiger partial charge >= 0.3 is 0 Å². The number of alkyl halides is 1. The Morgan fingerprint density at radius 2 is 2.00 bits per heavy atom. The zero-order valence-corrected chi connectivity index (χ0v) is 22.5. The fraction of sp³-hybridized carbons (Fsp3) is 0.625. The third-order valence-corrected chi connectivity index (χ3v) is 10.9. The number of aryl methyl sites for hydroxylation is 1. The summed E-state index contributed by atoms with van der Waals surface area (Å²) < 4.78 is -0.669. The summed E-state index contributed by atoms with van der Waals surface area (Å²) in [5, 5.41) is 15.2. The molecule has 0 radical (unpaired) electrons. The maximum absolute atomic E-state index is 13.9. The van der Waals surface area contributed by atoms with Gasteiger partial charge in [0.25, 0.3) is 0 Å². The van der Waals surface area contributed by atoms with Crippen LogP contribution in [0.3, 0.4) is 0 Å². The summed E-state index contributed by atoms with van der Waals surface area (Å²) in [6.07, 6.45) is 3.82. The Labute approximate surface area is 217 Å². The zero-order chi connectivity index (χ0) is 24.6. The number of anilines is 1. The molecule has 3 fully saturated rings. The van der Waals surface area contributed by atoms with Crippen molar-refractivity contribution in [3.8, 4) is 0 Å². The highest BCUT2D eigenvalue weighted by molar-refractivity contribution is 9.09. The average molecular weight is 573 g/mol. The topological polar surface area (TPSA) is 98.7 Å². The summed E-state index contributed by atoms with van der Waals surface area (Å²) in [7, 11) is 1.59.